The van der Waals surface area contributed by atoms with Crippen LogP contribution in [0.1, 0.15) is 42.8 Å². The fraction of sp³-hybridized carbons (Fsp3) is 0.643. The fourth-order valence-electron chi connectivity index (χ4n) is 2.94. The maximum atomic E-state index is 5.95. The number of nitrogens with zero attached hydrogens (tertiary/aromatic N) is 2. The first-order valence-electron chi connectivity index (χ1n) is 7.06. The molecule has 4 nitrogen and oxygen atoms in total. The molecule has 1 fully saturated rings. The molecule has 1 aliphatic rings. The molecule has 104 valence electrons. The molecular formula is C14H22N4S. The van der Waals surface area contributed by atoms with Crippen molar-refractivity contribution in [1.82, 2.24) is 14.7 Å². The quantitative estimate of drug-likeness (QED) is 0.906. The Labute approximate surface area is 118 Å². The van der Waals surface area contributed by atoms with Gasteiger partial charge in [0.1, 0.15) is 0 Å². The van der Waals surface area contributed by atoms with Gasteiger partial charge < -0.3 is 11.1 Å². The van der Waals surface area contributed by atoms with Crippen molar-refractivity contribution in [3.8, 4) is 0 Å². The number of nitrogens with one attached hydrogen (secondary N) is 1. The van der Waals surface area contributed by atoms with Crippen molar-refractivity contribution in [2.45, 2.75) is 58.2 Å². The van der Waals surface area contributed by atoms with Crippen LogP contribution in [-0.4, -0.2) is 21.5 Å². The fourth-order valence-corrected chi connectivity index (χ4v) is 3.87. The molecule has 0 unspecified atom stereocenters. The Hall–Kier alpha value is -0.910. The number of thiazole rings is 1. The van der Waals surface area contributed by atoms with Gasteiger partial charge in [-0.1, -0.05) is 0 Å². The smallest absolute Gasteiger partial charge is 0.194 e. The average Bonchev–Trinajstić information content (AvgIpc) is 2.89. The van der Waals surface area contributed by atoms with Gasteiger partial charge in [0.2, 0.25) is 0 Å². The van der Waals surface area contributed by atoms with Crippen molar-refractivity contribution in [2.24, 2.45) is 5.73 Å². The Kier molecular flexibility index (Phi) is 3.60. The Morgan fingerprint density at radius 1 is 1.37 bits per heavy atom. The summed E-state index contributed by atoms with van der Waals surface area (Å²) in [4.78, 5) is 5.74. The zero-order valence-electron chi connectivity index (χ0n) is 11.6. The van der Waals surface area contributed by atoms with Gasteiger partial charge in [0.15, 0.2) is 4.96 Å². The van der Waals surface area contributed by atoms with Gasteiger partial charge in [-0.25, -0.2) is 4.98 Å². The zero-order valence-corrected chi connectivity index (χ0v) is 12.5. The summed E-state index contributed by atoms with van der Waals surface area (Å²) >= 11 is 1.72. The van der Waals surface area contributed by atoms with Gasteiger partial charge in [-0.15, -0.1) is 11.3 Å². The lowest BCUT2D eigenvalue weighted by Gasteiger charge is -2.27. The second-order valence-electron chi connectivity index (χ2n) is 5.63. The van der Waals surface area contributed by atoms with E-state index in [9.17, 15) is 0 Å². The first kappa shape index (κ1) is 13.1. The van der Waals surface area contributed by atoms with Crippen molar-refractivity contribution in [3.63, 3.8) is 0 Å². The molecular weight excluding hydrogens is 256 g/mol. The summed E-state index contributed by atoms with van der Waals surface area (Å²) in [7, 11) is 0. The number of aromatic nitrogens is 2. The number of fused-ring (bicyclic) bond motifs is 1. The molecule has 2 aromatic rings. The van der Waals surface area contributed by atoms with Crippen LogP contribution in [0.3, 0.4) is 0 Å². The Morgan fingerprint density at radius 3 is 2.84 bits per heavy atom. The molecule has 0 saturated heterocycles. The summed E-state index contributed by atoms with van der Waals surface area (Å²) < 4.78 is 2.28. The third kappa shape index (κ3) is 2.55. The third-order valence-corrected chi connectivity index (χ3v) is 5.10. The molecule has 0 spiro atoms. The van der Waals surface area contributed by atoms with Crippen LogP contribution in [0.2, 0.25) is 0 Å². The van der Waals surface area contributed by atoms with E-state index in [2.05, 4.69) is 33.9 Å². The molecule has 0 radical (unpaired) electrons. The van der Waals surface area contributed by atoms with E-state index in [0.717, 1.165) is 30.0 Å². The molecule has 0 atom stereocenters. The first-order valence-corrected chi connectivity index (χ1v) is 7.94. The highest BCUT2D eigenvalue weighted by Crippen LogP contribution is 2.22. The highest BCUT2D eigenvalue weighted by molar-refractivity contribution is 7.15. The number of hydrogen-bond acceptors (Lipinski definition) is 4. The van der Waals surface area contributed by atoms with Crippen LogP contribution in [0.15, 0.2) is 5.38 Å². The normalized spacial score (nSPS) is 24.2. The monoisotopic (exact) mass is 278 g/mol. The number of rotatable bonds is 3. The van der Waals surface area contributed by atoms with E-state index in [1.807, 2.05) is 0 Å². The summed E-state index contributed by atoms with van der Waals surface area (Å²) in [5.41, 5.74) is 9.69. The molecule has 19 heavy (non-hydrogen) atoms. The van der Waals surface area contributed by atoms with Gasteiger partial charge in [0, 0.05) is 29.7 Å². The van der Waals surface area contributed by atoms with E-state index < -0.39 is 0 Å². The van der Waals surface area contributed by atoms with Crippen LogP contribution in [0, 0.1) is 13.8 Å². The Morgan fingerprint density at radius 2 is 2.11 bits per heavy atom. The van der Waals surface area contributed by atoms with Gasteiger partial charge in [0.25, 0.3) is 0 Å². The number of hydrogen-bond donors (Lipinski definition) is 2. The SMILES string of the molecule is Cc1nc2scc(C)n2c1CNC1CCC(N)CC1. The highest BCUT2D eigenvalue weighted by atomic mass is 32.1. The lowest BCUT2D eigenvalue weighted by atomic mass is 9.92. The van der Waals surface area contributed by atoms with E-state index in [0.29, 0.717) is 12.1 Å². The average molecular weight is 278 g/mol. The van der Waals surface area contributed by atoms with Crippen molar-refractivity contribution < 1.29 is 0 Å². The predicted octanol–water partition coefficient (Wildman–Crippen LogP) is 2.37. The standard InChI is InChI=1S/C14H22N4S/c1-9-8-19-14-17-10(2)13(18(9)14)7-16-12-5-3-11(15)4-6-12/h8,11-12,16H,3-7,15H2,1-2H3. The van der Waals surface area contributed by atoms with Crippen LogP contribution in [0.4, 0.5) is 0 Å². The molecule has 0 amide bonds. The van der Waals surface area contributed by atoms with Crippen molar-refractivity contribution in [2.75, 3.05) is 0 Å². The predicted molar refractivity (Wildman–Crippen MR) is 79.6 cm³/mol. The third-order valence-electron chi connectivity index (χ3n) is 4.16. The Balaban J connectivity index is 1.71. The molecule has 3 N–H and O–H groups in total. The van der Waals surface area contributed by atoms with Gasteiger partial charge in [-0.3, -0.25) is 4.40 Å². The van der Waals surface area contributed by atoms with E-state index in [1.54, 1.807) is 11.3 Å². The number of aryl methyl sites for hydroxylation is 2. The van der Waals surface area contributed by atoms with Crippen molar-refractivity contribution in [3.05, 3.63) is 22.5 Å². The summed E-state index contributed by atoms with van der Waals surface area (Å²) in [5.74, 6) is 0. The van der Waals surface area contributed by atoms with Crippen molar-refractivity contribution >= 4 is 16.3 Å². The molecule has 0 bridgehead atoms. The van der Waals surface area contributed by atoms with Gasteiger partial charge in [-0.2, -0.15) is 0 Å². The minimum Gasteiger partial charge on any atom is -0.328 e. The molecule has 1 aliphatic carbocycles. The molecule has 5 heteroatoms. The Bertz CT molecular complexity index is 563. The van der Waals surface area contributed by atoms with Crippen LogP contribution < -0.4 is 11.1 Å². The molecule has 0 aliphatic heterocycles. The summed E-state index contributed by atoms with van der Waals surface area (Å²) in [6.45, 7) is 5.16. The minimum atomic E-state index is 0.417. The minimum absolute atomic E-state index is 0.417. The molecule has 3 rings (SSSR count). The van der Waals surface area contributed by atoms with Crippen LogP contribution >= 0.6 is 11.3 Å². The van der Waals surface area contributed by atoms with E-state index in [4.69, 9.17) is 5.73 Å². The summed E-state index contributed by atoms with van der Waals surface area (Å²) in [5, 5.41) is 5.85. The highest BCUT2D eigenvalue weighted by Gasteiger charge is 2.19. The number of nitrogens with two attached hydrogens (primary N) is 1. The molecule has 0 aromatic carbocycles. The zero-order chi connectivity index (χ0) is 13.4. The molecule has 2 heterocycles. The second-order valence-corrected chi connectivity index (χ2v) is 6.47. The topological polar surface area (TPSA) is 55.3 Å². The lowest BCUT2D eigenvalue weighted by molar-refractivity contribution is 0.340. The summed E-state index contributed by atoms with van der Waals surface area (Å²) in [6, 6.07) is 1.03. The van der Waals surface area contributed by atoms with Crippen LogP contribution in [0.25, 0.3) is 4.96 Å². The van der Waals surface area contributed by atoms with E-state index in [1.165, 1.54) is 24.2 Å². The van der Waals surface area contributed by atoms with Gasteiger partial charge >= 0.3 is 0 Å². The second kappa shape index (κ2) is 5.23. The van der Waals surface area contributed by atoms with Gasteiger partial charge in [0.05, 0.1) is 11.4 Å². The first-order chi connectivity index (χ1) is 9.15. The van der Waals surface area contributed by atoms with Crippen LogP contribution in [0.5, 0.6) is 0 Å². The largest absolute Gasteiger partial charge is 0.328 e. The number of imidazole rings is 1. The summed E-state index contributed by atoms with van der Waals surface area (Å²) in [6.07, 6.45) is 4.70. The maximum absolute atomic E-state index is 5.95. The van der Waals surface area contributed by atoms with E-state index in [-0.39, 0.29) is 0 Å². The maximum Gasteiger partial charge on any atom is 0.194 e. The lowest BCUT2D eigenvalue weighted by Crippen LogP contribution is -2.37. The molecule has 2 aromatic heterocycles. The van der Waals surface area contributed by atoms with Crippen molar-refractivity contribution in [1.29, 1.82) is 0 Å². The molecule has 1 saturated carbocycles. The van der Waals surface area contributed by atoms with Crippen LogP contribution in [-0.2, 0) is 6.54 Å². The van der Waals surface area contributed by atoms with E-state index >= 15 is 0 Å². The van der Waals surface area contributed by atoms with Gasteiger partial charge in [-0.05, 0) is 39.5 Å².